The molecule has 0 saturated carbocycles. The molecule has 1 saturated heterocycles. The maximum atomic E-state index is 13.5. The number of amides is 1. The monoisotopic (exact) mass is 331 g/mol. The van der Waals surface area contributed by atoms with E-state index in [0.717, 1.165) is 0 Å². The number of benzene rings is 1. The average Bonchev–Trinajstić information content (AvgIpc) is 2.70. The zero-order chi connectivity index (χ0) is 14.0. The minimum atomic E-state index is -1.09. The number of nitrogens with one attached hydrogen (secondary N) is 1. The van der Waals surface area contributed by atoms with Crippen molar-refractivity contribution in [3.8, 4) is 0 Å². The molecule has 1 heterocycles. The van der Waals surface area contributed by atoms with E-state index in [1.807, 2.05) is 0 Å². The van der Waals surface area contributed by atoms with Crippen molar-refractivity contribution in [2.45, 2.75) is 25.0 Å². The molecule has 1 aliphatic rings. The minimum Gasteiger partial charge on any atom is -0.385 e. The molecule has 2 rings (SSSR count). The zero-order valence-corrected chi connectivity index (χ0v) is 12.0. The number of halogens is 2. The predicted molar refractivity (Wildman–Crippen MR) is 71.4 cm³/mol. The van der Waals surface area contributed by atoms with Crippen molar-refractivity contribution >= 4 is 21.8 Å². The average molecular weight is 332 g/mol. The minimum absolute atomic E-state index is 0.0406. The summed E-state index contributed by atoms with van der Waals surface area (Å²) in [7, 11) is 0. The number of rotatable bonds is 3. The van der Waals surface area contributed by atoms with Gasteiger partial charge < -0.3 is 15.2 Å². The van der Waals surface area contributed by atoms with Crippen LogP contribution in [0, 0.1) is 5.82 Å². The molecule has 1 aromatic rings. The topological polar surface area (TPSA) is 58.6 Å². The van der Waals surface area contributed by atoms with Gasteiger partial charge in [-0.3, -0.25) is 4.79 Å². The second-order valence-corrected chi connectivity index (χ2v) is 5.59. The lowest BCUT2D eigenvalue weighted by atomic mass is 9.96. The molecule has 104 valence electrons. The maximum absolute atomic E-state index is 13.5. The molecule has 0 bridgehead atoms. The first-order valence-corrected chi connectivity index (χ1v) is 6.79. The molecule has 6 heteroatoms. The van der Waals surface area contributed by atoms with E-state index in [1.54, 1.807) is 6.92 Å². The van der Waals surface area contributed by atoms with E-state index >= 15 is 0 Å². The Morgan fingerprint density at radius 2 is 2.42 bits per heavy atom. The third kappa shape index (κ3) is 3.13. The molecule has 2 atom stereocenters. The molecule has 2 N–H and O–H groups in total. The molecule has 0 spiro atoms. The van der Waals surface area contributed by atoms with Crippen LogP contribution >= 0.6 is 15.9 Å². The Balaban J connectivity index is 2.03. The van der Waals surface area contributed by atoms with Crippen molar-refractivity contribution in [1.82, 2.24) is 5.32 Å². The second kappa shape index (κ2) is 5.56. The zero-order valence-electron chi connectivity index (χ0n) is 10.5. The first kappa shape index (κ1) is 14.4. The highest BCUT2D eigenvalue weighted by Gasteiger charge is 2.39. The van der Waals surface area contributed by atoms with Crippen molar-refractivity contribution in [1.29, 1.82) is 0 Å². The highest BCUT2D eigenvalue weighted by atomic mass is 79.9. The number of hydrogen-bond donors (Lipinski definition) is 2. The van der Waals surface area contributed by atoms with Gasteiger partial charge in [-0.2, -0.15) is 0 Å². The molecule has 19 heavy (non-hydrogen) atoms. The van der Waals surface area contributed by atoms with Crippen LogP contribution in [0.1, 0.15) is 23.7 Å². The number of hydrogen-bond acceptors (Lipinski definition) is 3. The van der Waals surface area contributed by atoms with Crippen LogP contribution in [-0.4, -0.2) is 35.9 Å². The summed E-state index contributed by atoms with van der Waals surface area (Å²) < 4.78 is 19.4. The van der Waals surface area contributed by atoms with Gasteiger partial charge in [-0.05, 0) is 25.1 Å². The van der Waals surface area contributed by atoms with Gasteiger partial charge in [0.25, 0.3) is 5.91 Å². The molecule has 4 nitrogen and oxygen atoms in total. The Hall–Kier alpha value is -0.980. The van der Waals surface area contributed by atoms with Crippen LogP contribution in [0.3, 0.4) is 0 Å². The van der Waals surface area contributed by atoms with E-state index in [-0.39, 0.29) is 18.2 Å². The summed E-state index contributed by atoms with van der Waals surface area (Å²) in [6.45, 7) is 2.25. The smallest absolute Gasteiger partial charge is 0.254 e. The SMILES string of the molecule is CC1OCCC1(O)CNC(=O)c1cc(Br)ccc1F. The molecule has 1 fully saturated rings. The van der Waals surface area contributed by atoms with Gasteiger partial charge in [-0.25, -0.2) is 4.39 Å². The molecule has 0 aliphatic carbocycles. The summed E-state index contributed by atoms with van der Waals surface area (Å²) in [5, 5.41) is 12.8. The van der Waals surface area contributed by atoms with Gasteiger partial charge in [-0.15, -0.1) is 0 Å². The summed E-state index contributed by atoms with van der Waals surface area (Å²) in [6.07, 6.45) is 0.107. The molecular formula is C13H15BrFNO3. The van der Waals surface area contributed by atoms with Crippen molar-refractivity contribution < 1.29 is 19.0 Å². The lowest BCUT2D eigenvalue weighted by Crippen LogP contribution is -2.47. The molecule has 2 unspecified atom stereocenters. The Kier molecular flexibility index (Phi) is 4.23. The van der Waals surface area contributed by atoms with E-state index in [9.17, 15) is 14.3 Å². The molecule has 1 aliphatic heterocycles. The van der Waals surface area contributed by atoms with E-state index in [2.05, 4.69) is 21.2 Å². The van der Waals surface area contributed by atoms with Crippen molar-refractivity contribution in [2.24, 2.45) is 0 Å². The van der Waals surface area contributed by atoms with Gasteiger partial charge in [0.2, 0.25) is 0 Å². The van der Waals surface area contributed by atoms with Gasteiger partial charge in [0, 0.05) is 24.0 Å². The Morgan fingerprint density at radius 1 is 1.68 bits per heavy atom. The third-order valence-corrected chi connectivity index (χ3v) is 3.88. The van der Waals surface area contributed by atoms with Gasteiger partial charge >= 0.3 is 0 Å². The van der Waals surface area contributed by atoms with E-state index in [1.165, 1.54) is 18.2 Å². The first-order valence-electron chi connectivity index (χ1n) is 5.99. The number of carbonyl (C=O) groups is 1. The highest BCUT2D eigenvalue weighted by molar-refractivity contribution is 9.10. The van der Waals surface area contributed by atoms with Gasteiger partial charge in [0.05, 0.1) is 11.7 Å². The van der Waals surface area contributed by atoms with Crippen molar-refractivity contribution in [2.75, 3.05) is 13.2 Å². The van der Waals surface area contributed by atoms with Crippen LogP contribution in [0.5, 0.6) is 0 Å². The lowest BCUT2D eigenvalue weighted by molar-refractivity contribution is -0.0251. The highest BCUT2D eigenvalue weighted by Crippen LogP contribution is 2.25. The van der Waals surface area contributed by atoms with Crippen LogP contribution in [0.2, 0.25) is 0 Å². The summed E-state index contributed by atoms with van der Waals surface area (Å²) in [5.74, 6) is -1.14. The Bertz CT molecular complexity index is 497. The van der Waals surface area contributed by atoms with E-state index < -0.39 is 17.3 Å². The largest absolute Gasteiger partial charge is 0.385 e. The molecule has 0 radical (unpaired) electrons. The van der Waals surface area contributed by atoms with Crippen LogP contribution in [0.25, 0.3) is 0 Å². The number of aliphatic hydroxyl groups is 1. The third-order valence-electron chi connectivity index (χ3n) is 3.39. The quantitative estimate of drug-likeness (QED) is 0.888. The van der Waals surface area contributed by atoms with Crippen molar-refractivity contribution in [3.05, 3.63) is 34.1 Å². The Morgan fingerprint density at radius 3 is 3.05 bits per heavy atom. The van der Waals surface area contributed by atoms with Gasteiger partial charge in [0.1, 0.15) is 11.4 Å². The first-order chi connectivity index (χ1) is 8.92. The maximum Gasteiger partial charge on any atom is 0.254 e. The number of carbonyl (C=O) groups excluding carboxylic acids is 1. The second-order valence-electron chi connectivity index (χ2n) is 4.67. The standard InChI is InChI=1S/C13H15BrFNO3/c1-8-13(18,4-5-19-8)7-16-12(17)10-6-9(14)2-3-11(10)15/h2-3,6,8,18H,4-5,7H2,1H3,(H,16,17). The van der Waals surface area contributed by atoms with Crippen LogP contribution in [0.4, 0.5) is 4.39 Å². The van der Waals surface area contributed by atoms with E-state index in [0.29, 0.717) is 17.5 Å². The van der Waals surface area contributed by atoms with Crippen LogP contribution in [0.15, 0.2) is 22.7 Å². The van der Waals surface area contributed by atoms with Gasteiger partial charge in [-0.1, -0.05) is 15.9 Å². The van der Waals surface area contributed by atoms with Crippen molar-refractivity contribution in [3.63, 3.8) is 0 Å². The summed E-state index contributed by atoms with van der Waals surface area (Å²) in [5.41, 5.74) is -1.14. The summed E-state index contributed by atoms with van der Waals surface area (Å²) >= 11 is 3.19. The molecule has 1 amide bonds. The summed E-state index contributed by atoms with van der Waals surface area (Å²) in [6, 6.07) is 4.14. The molecule has 0 aromatic heterocycles. The van der Waals surface area contributed by atoms with Gasteiger partial charge in [0.15, 0.2) is 0 Å². The summed E-state index contributed by atoms with van der Waals surface area (Å²) in [4.78, 5) is 11.9. The molecule has 1 aromatic carbocycles. The molecular weight excluding hydrogens is 317 g/mol. The predicted octanol–water partition coefficient (Wildman–Crippen LogP) is 1.86. The van der Waals surface area contributed by atoms with Crippen LogP contribution in [-0.2, 0) is 4.74 Å². The fourth-order valence-corrected chi connectivity index (χ4v) is 2.36. The van der Waals surface area contributed by atoms with Crippen LogP contribution < -0.4 is 5.32 Å². The number of ether oxygens (including phenoxy) is 1. The fraction of sp³-hybridized carbons (Fsp3) is 0.462. The lowest BCUT2D eigenvalue weighted by Gasteiger charge is -2.26. The normalized spacial score (nSPS) is 26.4. The fourth-order valence-electron chi connectivity index (χ4n) is 2.00. The van der Waals surface area contributed by atoms with E-state index in [4.69, 9.17) is 4.74 Å². The Labute approximate surface area is 119 Å².